The summed E-state index contributed by atoms with van der Waals surface area (Å²) in [6, 6.07) is 14.0. The molecule has 0 saturated heterocycles. The van der Waals surface area contributed by atoms with Gasteiger partial charge in [0, 0.05) is 24.6 Å². The Kier molecular flexibility index (Phi) is 6.53. The van der Waals surface area contributed by atoms with Gasteiger partial charge in [-0.05, 0) is 62.1 Å². The number of nitrogens with zero attached hydrogens (tertiary/aromatic N) is 2. The van der Waals surface area contributed by atoms with Crippen LogP contribution in [0.4, 0.5) is 0 Å². The van der Waals surface area contributed by atoms with Crippen molar-refractivity contribution >= 4 is 22.6 Å². The normalized spacial score (nSPS) is 11.2. The minimum Gasteiger partial charge on any atom is -0.494 e. The predicted molar refractivity (Wildman–Crippen MR) is 106 cm³/mol. The van der Waals surface area contributed by atoms with E-state index in [1.165, 1.54) is 0 Å². The average Bonchev–Trinajstić information content (AvgIpc) is 3.00. The summed E-state index contributed by atoms with van der Waals surface area (Å²) >= 11 is 6.04. The molecular formula is C21H25ClN2O2. The minimum absolute atomic E-state index is 0.192. The van der Waals surface area contributed by atoms with Gasteiger partial charge >= 0.3 is 0 Å². The van der Waals surface area contributed by atoms with E-state index >= 15 is 0 Å². The van der Waals surface area contributed by atoms with Gasteiger partial charge in [-0.25, -0.2) is 4.98 Å². The van der Waals surface area contributed by atoms with Crippen molar-refractivity contribution in [3.63, 3.8) is 0 Å². The Labute approximate surface area is 159 Å². The summed E-state index contributed by atoms with van der Waals surface area (Å²) in [4.78, 5) is 4.72. The van der Waals surface area contributed by atoms with Crippen molar-refractivity contribution in [3.05, 3.63) is 58.9 Å². The fourth-order valence-electron chi connectivity index (χ4n) is 3.07. The molecule has 0 bridgehead atoms. The fourth-order valence-corrected chi connectivity index (χ4v) is 3.19. The van der Waals surface area contributed by atoms with E-state index in [-0.39, 0.29) is 6.61 Å². The smallest absolute Gasteiger partial charge is 0.119 e. The first-order chi connectivity index (χ1) is 12.7. The van der Waals surface area contributed by atoms with Gasteiger partial charge in [-0.2, -0.15) is 0 Å². The third-order valence-electron chi connectivity index (χ3n) is 4.47. The number of aliphatic hydroxyl groups excluding tert-OH is 1. The zero-order valence-corrected chi connectivity index (χ0v) is 15.9. The number of fused-ring (bicyclic) bond motifs is 1. The molecule has 26 heavy (non-hydrogen) atoms. The van der Waals surface area contributed by atoms with Crippen molar-refractivity contribution in [2.24, 2.45) is 0 Å². The highest BCUT2D eigenvalue weighted by atomic mass is 35.5. The van der Waals surface area contributed by atoms with Crippen molar-refractivity contribution in [2.45, 2.75) is 39.2 Å². The number of hydrogen-bond donors (Lipinski definition) is 1. The molecule has 0 atom stereocenters. The van der Waals surface area contributed by atoms with Crippen LogP contribution in [0, 0.1) is 6.92 Å². The van der Waals surface area contributed by atoms with Crippen LogP contribution in [0.3, 0.4) is 0 Å². The van der Waals surface area contributed by atoms with Gasteiger partial charge in [-0.1, -0.05) is 23.7 Å². The van der Waals surface area contributed by atoms with E-state index in [1.54, 1.807) is 0 Å². The van der Waals surface area contributed by atoms with Gasteiger partial charge in [0.2, 0.25) is 0 Å². The number of para-hydroxylation sites is 2. The number of benzene rings is 2. The largest absolute Gasteiger partial charge is 0.494 e. The molecule has 0 spiro atoms. The van der Waals surface area contributed by atoms with Crippen LogP contribution in [0.1, 0.15) is 30.7 Å². The molecule has 3 aromatic rings. The molecule has 0 aliphatic rings. The molecule has 0 unspecified atom stereocenters. The first kappa shape index (κ1) is 18.7. The number of unbranched alkanes of at least 4 members (excludes halogenated alkanes) is 1. The van der Waals surface area contributed by atoms with E-state index in [2.05, 4.69) is 10.6 Å². The number of hydrogen-bond acceptors (Lipinski definition) is 3. The average molecular weight is 373 g/mol. The SMILES string of the molecule is Cc1cc(OCCCCn2c(CCCO)nc3ccccc32)ccc1Cl. The zero-order chi connectivity index (χ0) is 18.4. The monoisotopic (exact) mass is 372 g/mol. The molecule has 3 rings (SSSR count). The Morgan fingerprint density at radius 1 is 1.12 bits per heavy atom. The Hall–Kier alpha value is -2.04. The van der Waals surface area contributed by atoms with Gasteiger partial charge < -0.3 is 14.4 Å². The molecule has 2 aromatic carbocycles. The Morgan fingerprint density at radius 2 is 1.96 bits per heavy atom. The molecule has 138 valence electrons. The molecule has 1 aromatic heterocycles. The van der Waals surface area contributed by atoms with Gasteiger partial charge in [0.05, 0.1) is 17.6 Å². The van der Waals surface area contributed by atoms with E-state index in [0.717, 1.165) is 65.4 Å². The molecule has 4 nitrogen and oxygen atoms in total. The number of aromatic nitrogens is 2. The highest BCUT2D eigenvalue weighted by Crippen LogP contribution is 2.21. The second kappa shape index (κ2) is 9.06. The molecule has 1 N–H and O–H groups in total. The van der Waals surface area contributed by atoms with Crippen LogP contribution >= 0.6 is 11.6 Å². The molecular weight excluding hydrogens is 348 g/mol. The molecule has 1 heterocycles. The summed E-state index contributed by atoms with van der Waals surface area (Å²) in [6.45, 7) is 3.76. The highest BCUT2D eigenvalue weighted by Gasteiger charge is 2.09. The summed E-state index contributed by atoms with van der Waals surface area (Å²) in [7, 11) is 0. The van der Waals surface area contributed by atoms with Crippen LogP contribution in [-0.2, 0) is 13.0 Å². The fraction of sp³-hybridized carbons (Fsp3) is 0.381. The zero-order valence-electron chi connectivity index (χ0n) is 15.1. The molecule has 0 radical (unpaired) electrons. The predicted octanol–water partition coefficient (Wildman–Crippen LogP) is 4.78. The van der Waals surface area contributed by atoms with Gasteiger partial charge in [0.1, 0.15) is 11.6 Å². The summed E-state index contributed by atoms with van der Waals surface area (Å²) in [6.07, 6.45) is 3.51. The van der Waals surface area contributed by atoms with Crippen LogP contribution < -0.4 is 4.74 Å². The topological polar surface area (TPSA) is 47.3 Å². The minimum atomic E-state index is 0.192. The molecule has 0 amide bonds. The maximum atomic E-state index is 9.12. The summed E-state index contributed by atoms with van der Waals surface area (Å²) in [5.41, 5.74) is 3.21. The molecule has 5 heteroatoms. The van der Waals surface area contributed by atoms with Crippen LogP contribution in [0.25, 0.3) is 11.0 Å². The number of halogens is 1. The molecule has 0 aliphatic heterocycles. The standard InChI is InChI=1S/C21H25ClN2O2/c1-16-15-17(10-11-18(16)22)26-14-5-4-12-24-20-8-3-2-7-19(20)23-21(24)9-6-13-25/h2-3,7-8,10-11,15,25H,4-6,9,12-14H2,1H3. The maximum Gasteiger partial charge on any atom is 0.119 e. The Bertz CT molecular complexity index is 860. The van der Waals surface area contributed by atoms with Gasteiger partial charge in [-0.15, -0.1) is 0 Å². The number of aryl methyl sites for hydroxylation is 3. The number of rotatable bonds is 9. The van der Waals surface area contributed by atoms with E-state index < -0.39 is 0 Å². The van der Waals surface area contributed by atoms with Crippen LogP contribution in [0.15, 0.2) is 42.5 Å². The van der Waals surface area contributed by atoms with E-state index in [9.17, 15) is 0 Å². The maximum absolute atomic E-state index is 9.12. The number of ether oxygens (including phenoxy) is 1. The lowest BCUT2D eigenvalue weighted by molar-refractivity contribution is 0.286. The Balaban J connectivity index is 1.56. The summed E-state index contributed by atoms with van der Waals surface area (Å²) < 4.78 is 8.10. The lowest BCUT2D eigenvalue weighted by Gasteiger charge is -2.10. The lowest BCUT2D eigenvalue weighted by Crippen LogP contribution is -2.07. The van der Waals surface area contributed by atoms with E-state index in [4.69, 9.17) is 26.4 Å². The summed E-state index contributed by atoms with van der Waals surface area (Å²) in [5.74, 6) is 1.91. The van der Waals surface area contributed by atoms with Crippen molar-refractivity contribution in [1.29, 1.82) is 0 Å². The third-order valence-corrected chi connectivity index (χ3v) is 4.89. The Morgan fingerprint density at radius 3 is 2.77 bits per heavy atom. The van der Waals surface area contributed by atoms with Crippen LogP contribution in [-0.4, -0.2) is 27.9 Å². The quantitative estimate of drug-likeness (QED) is 0.550. The van der Waals surface area contributed by atoms with E-state index in [0.29, 0.717) is 6.61 Å². The van der Waals surface area contributed by atoms with Gasteiger partial charge in [0.25, 0.3) is 0 Å². The van der Waals surface area contributed by atoms with Gasteiger partial charge in [0.15, 0.2) is 0 Å². The third kappa shape index (κ3) is 4.57. The molecule has 0 saturated carbocycles. The van der Waals surface area contributed by atoms with Crippen molar-refractivity contribution < 1.29 is 9.84 Å². The first-order valence-electron chi connectivity index (χ1n) is 9.13. The van der Waals surface area contributed by atoms with Gasteiger partial charge in [-0.3, -0.25) is 0 Å². The van der Waals surface area contributed by atoms with Crippen LogP contribution in [0.5, 0.6) is 5.75 Å². The van der Waals surface area contributed by atoms with Crippen molar-refractivity contribution in [3.8, 4) is 5.75 Å². The number of aliphatic hydroxyl groups is 1. The second-order valence-corrected chi connectivity index (χ2v) is 6.87. The highest BCUT2D eigenvalue weighted by molar-refractivity contribution is 6.31. The second-order valence-electron chi connectivity index (χ2n) is 6.46. The summed E-state index contributed by atoms with van der Waals surface area (Å²) in [5, 5.41) is 9.89. The number of imidazole rings is 1. The van der Waals surface area contributed by atoms with Crippen LogP contribution in [0.2, 0.25) is 5.02 Å². The molecule has 0 fully saturated rings. The first-order valence-corrected chi connectivity index (χ1v) is 9.51. The molecule has 0 aliphatic carbocycles. The van der Waals surface area contributed by atoms with Crippen molar-refractivity contribution in [2.75, 3.05) is 13.2 Å². The lowest BCUT2D eigenvalue weighted by atomic mass is 10.2. The van der Waals surface area contributed by atoms with E-state index in [1.807, 2.05) is 43.3 Å². The van der Waals surface area contributed by atoms with Crippen molar-refractivity contribution in [1.82, 2.24) is 9.55 Å².